The van der Waals surface area contributed by atoms with Gasteiger partial charge in [-0.3, -0.25) is 0 Å². The Morgan fingerprint density at radius 3 is 2.56 bits per heavy atom. The maximum absolute atomic E-state index is 9.42. The predicted molar refractivity (Wildman–Crippen MR) is 66.3 cm³/mol. The Kier molecular flexibility index (Phi) is 7.98. The fraction of sp³-hybridized carbons (Fsp3) is 1.00. The summed E-state index contributed by atoms with van der Waals surface area (Å²) in [6.45, 7) is 11.8. The highest BCUT2D eigenvalue weighted by Crippen LogP contribution is 2.21. The van der Waals surface area contributed by atoms with Crippen LogP contribution in [0.25, 0.3) is 0 Å². The molecule has 0 amide bonds. The lowest BCUT2D eigenvalue weighted by Gasteiger charge is -2.23. The van der Waals surface area contributed by atoms with E-state index >= 15 is 0 Å². The molecule has 1 aliphatic heterocycles. The van der Waals surface area contributed by atoms with E-state index in [-0.39, 0.29) is 0 Å². The van der Waals surface area contributed by atoms with Crippen LogP contribution in [-0.2, 0) is 9.47 Å². The van der Waals surface area contributed by atoms with Gasteiger partial charge >= 0.3 is 0 Å². The van der Waals surface area contributed by atoms with Crippen LogP contribution in [0.4, 0.5) is 0 Å². The molecule has 2 atom stereocenters. The van der Waals surface area contributed by atoms with Gasteiger partial charge in [-0.05, 0) is 32.6 Å². The molecule has 0 unspecified atom stereocenters. The van der Waals surface area contributed by atoms with Crippen molar-refractivity contribution in [2.24, 2.45) is 11.8 Å². The smallest absolute Gasteiger partial charge is 0.159 e. The molecule has 0 aromatic heterocycles. The van der Waals surface area contributed by atoms with Gasteiger partial charge in [0.15, 0.2) is 5.79 Å². The van der Waals surface area contributed by atoms with Gasteiger partial charge in [-0.1, -0.05) is 20.8 Å². The van der Waals surface area contributed by atoms with Crippen molar-refractivity contribution < 1.29 is 14.6 Å². The third-order valence-electron chi connectivity index (χ3n) is 2.52. The Hall–Kier alpha value is -0.120. The minimum absolute atomic E-state index is 0.430. The van der Waals surface area contributed by atoms with Gasteiger partial charge in [-0.2, -0.15) is 0 Å². The normalized spacial score (nSPS) is 26.6. The molecule has 1 rings (SSSR count). The van der Waals surface area contributed by atoms with Crippen LogP contribution in [-0.4, -0.2) is 30.7 Å². The first-order chi connectivity index (χ1) is 7.47. The molecule has 1 N–H and O–H groups in total. The monoisotopic (exact) mass is 232 g/mol. The molecule has 1 heterocycles. The number of rotatable bonds is 3. The molecule has 98 valence electrons. The molecule has 1 fully saturated rings. The van der Waals surface area contributed by atoms with Crippen LogP contribution >= 0.6 is 0 Å². The fourth-order valence-electron chi connectivity index (χ4n) is 1.73. The summed E-state index contributed by atoms with van der Waals surface area (Å²) < 4.78 is 10.8. The van der Waals surface area contributed by atoms with Crippen LogP contribution in [0.2, 0.25) is 0 Å². The molecule has 0 spiro atoms. The van der Waals surface area contributed by atoms with Gasteiger partial charge in [0.25, 0.3) is 0 Å². The number of ether oxygens (including phenoxy) is 2. The van der Waals surface area contributed by atoms with Gasteiger partial charge in [-0.25, -0.2) is 0 Å². The average Bonchev–Trinajstić information content (AvgIpc) is 2.42. The molecule has 0 aromatic rings. The Morgan fingerprint density at radius 1 is 1.38 bits per heavy atom. The molecule has 3 heteroatoms. The fourth-order valence-corrected chi connectivity index (χ4v) is 1.73. The molecule has 0 aliphatic carbocycles. The van der Waals surface area contributed by atoms with Crippen LogP contribution < -0.4 is 0 Å². The van der Waals surface area contributed by atoms with Gasteiger partial charge in [0, 0.05) is 12.5 Å². The van der Waals surface area contributed by atoms with Crippen LogP contribution in [0.1, 0.15) is 47.5 Å². The van der Waals surface area contributed by atoms with Gasteiger partial charge in [-0.15, -0.1) is 0 Å². The molecular formula is C13H28O3. The van der Waals surface area contributed by atoms with E-state index in [1.54, 1.807) is 13.8 Å². The Bertz CT molecular complexity index is 163. The largest absolute Gasteiger partial charge is 0.381 e. The minimum atomic E-state index is -1.02. The molecule has 0 aromatic carbocycles. The lowest BCUT2D eigenvalue weighted by atomic mass is 9.96. The van der Waals surface area contributed by atoms with E-state index in [0.717, 1.165) is 26.1 Å². The Labute approximate surface area is 100 Å². The van der Waals surface area contributed by atoms with Crippen LogP contribution in [0.15, 0.2) is 0 Å². The lowest BCUT2D eigenvalue weighted by Crippen LogP contribution is -2.28. The van der Waals surface area contributed by atoms with Crippen LogP contribution in [0.3, 0.4) is 0 Å². The third kappa shape index (κ3) is 8.08. The molecule has 0 bridgehead atoms. The second kappa shape index (κ2) is 8.04. The number of hydrogen-bond acceptors (Lipinski definition) is 3. The van der Waals surface area contributed by atoms with Crippen LogP contribution in [0, 0.1) is 11.8 Å². The standard InChI is InChI=1S/C11H22O3.C2H6/c1-9-4-5-13-7-10(6-9)8-14-11(2,3)12;1-2/h9-10,12H,4-8H2,1-3H3;1-2H3/t9-,10-;/m1./s1. The van der Waals surface area contributed by atoms with Crippen molar-refractivity contribution in [1.82, 2.24) is 0 Å². The molecule has 0 saturated carbocycles. The second-order valence-corrected chi connectivity index (χ2v) is 4.83. The van der Waals surface area contributed by atoms with Crippen molar-refractivity contribution in [2.75, 3.05) is 19.8 Å². The first kappa shape index (κ1) is 15.9. The molecular weight excluding hydrogens is 204 g/mol. The zero-order chi connectivity index (χ0) is 12.6. The molecule has 1 aliphatic rings. The van der Waals surface area contributed by atoms with Crippen molar-refractivity contribution in [3.8, 4) is 0 Å². The molecule has 1 saturated heterocycles. The Morgan fingerprint density at radius 2 is 2.00 bits per heavy atom. The van der Waals surface area contributed by atoms with Crippen molar-refractivity contribution in [3.05, 3.63) is 0 Å². The zero-order valence-corrected chi connectivity index (χ0v) is 11.5. The summed E-state index contributed by atoms with van der Waals surface area (Å²) >= 11 is 0. The topological polar surface area (TPSA) is 38.7 Å². The van der Waals surface area contributed by atoms with Gasteiger partial charge < -0.3 is 14.6 Å². The van der Waals surface area contributed by atoms with E-state index in [2.05, 4.69) is 6.92 Å². The van der Waals surface area contributed by atoms with Crippen molar-refractivity contribution >= 4 is 0 Å². The van der Waals surface area contributed by atoms with Crippen LogP contribution in [0.5, 0.6) is 0 Å². The van der Waals surface area contributed by atoms with Gasteiger partial charge in [0.1, 0.15) is 0 Å². The maximum Gasteiger partial charge on any atom is 0.159 e. The summed E-state index contributed by atoms with van der Waals surface area (Å²) in [5.74, 6) is 0.113. The summed E-state index contributed by atoms with van der Waals surface area (Å²) in [5, 5.41) is 9.42. The second-order valence-electron chi connectivity index (χ2n) is 4.83. The van der Waals surface area contributed by atoms with Gasteiger partial charge in [0.05, 0.1) is 13.2 Å². The van der Waals surface area contributed by atoms with E-state index in [1.807, 2.05) is 13.8 Å². The summed E-state index contributed by atoms with van der Waals surface area (Å²) in [4.78, 5) is 0. The van der Waals surface area contributed by atoms with E-state index in [1.165, 1.54) is 0 Å². The first-order valence-corrected chi connectivity index (χ1v) is 6.41. The van der Waals surface area contributed by atoms with E-state index in [4.69, 9.17) is 9.47 Å². The maximum atomic E-state index is 9.42. The van der Waals surface area contributed by atoms with Crippen molar-refractivity contribution in [3.63, 3.8) is 0 Å². The van der Waals surface area contributed by atoms with Crippen molar-refractivity contribution in [2.45, 2.75) is 53.2 Å². The lowest BCUT2D eigenvalue weighted by molar-refractivity contribution is -0.186. The zero-order valence-electron chi connectivity index (χ0n) is 11.5. The van der Waals surface area contributed by atoms with Gasteiger partial charge in [0.2, 0.25) is 0 Å². The highest BCUT2D eigenvalue weighted by molar-refractivity contribution is 4.67. The first-order valence-electron chi connectivity index (χ1n) is 6.41. The molecule has 16 heavy (non-hydrogen) atoms. The third-order valence-corrected chi connectivity index (χ3v) is 2.52. The summed E-state index contributed by atoms with van der Waals surface area (Å²) in [6, 6.07) is 0. The highest BCUT2D eigenvalue weighted by Gasteiger charge is 2.21. The van der Waals surface area contributed by atoms with Crippen molar-refractivity contribution in [1.29, 1.82) is 0 Å². The predicted octanol–water partition coefficient (Wildman–Crippen LogP) is 2.82. The SMILES string of the molecule is CC.C[C@@H]1CCOC[C@H](COC(C)(C)O)C1. The minimum Gasteiger partial charge on any atom is -0.381 e. The van der Waals surface area contributed by atoms with E-state index in [9.17, 15) is 5.11 Å². The molecule has 0 radical (unpaired) electrons. The van der Waals surface area contributed by atoms with E-state index in [0.29, 0.717) is 18.4 Å². The molecule has 3 nitrogen and oxygen atoms in total. The summed E-state index contributed by atoms with van der Waals surface area (Å²) in [6.07, 6.45) is 2.27. The summed E-state index contributed by atoms with van der Waals surface area (Å²) in [7, 11) is 0. The average molecular weight is 232 g/mol. The Balaban J connectivity index is 0.00000106. The number of hydrogen-bond donors (Lipinski definition) is 1. The number of aliphatic hydroxyl groups is 1. The summed E-state index contributed by atoms with van der Waals surface area (Å²) in [5.41, 5.74) is 0. The quantitative estimate of drug-likeness (QED) is 0.760. The highest BCUT2D eigenvalue weighted by atomic mass is 16.6. The van der Waals surface area contributed by atoms with E-state index < -0.39 is 5.79 Å².